The summed E-state index contributed by atoms with van der Waals surface area (Å²) in [4.78, 5) is 0. The minimum atomic E-state index is -0.204. The molecule has 116 valence electrons. The van der Waals surface area contributed by atoms with Crippen LogP contribution < -0.4 is 5.32 Å². The molecule has 3 heterocycles. The van der Waals surface area contributed by atoms with Crippen LogP contribution in [0.3, 0.4) is 0 Å². The van der Waals surface area contributed by atoms with E-state index in [2.05, 4.69) is 44.8 Å². The lowest BCUT2D eigenvalue weighted by Crippen LogP contribution is -2.41. The molecular weight excluding hydrogens is 292 g/mol. The molecule has 1 atom stereocenters. The second-order valence-electron chi connectivity index (χ2n) is 7.34. The lowest BCUT2D eigenvalue weighted by molar-refractivity contribution is 0.00578. The Balaban J connectivity index is 0.00000147. The number of thioether (sulfide) groups is 1. The van der Waals surface area contributed by atoms with Crippen molar-refractivity contribution in [2.45, 2.75) is 57.6 Å². The minimum absolute atomic E-state index is 0. The van der Waals surface area contributed by atoms with Gasteiger partial charge < -0.3 is 14.6 Å². The van der Waals surface area contributed by atoms with Gasteiger partial charge in [-0.1, -0.05) is 0 Å². The molecular formula is C14H27BClNO2S. The first kappa shape index (κ1) is 16.9. The molecule has 20 heavy (non-hydrogen) atoms. The molecule has 1 spiro atoms. The van der Waals surface area contributed by atoms with Gasteiger partial charge in [0.05, 0.1) is 11.2 Å². The minimum Gasteiger partial charge on any atom is -0.403 e. The predicted molar refractivity (Wildman–Crippen MR) is 88.9 cm³/mol. The summed E-state index contributed by atoms with van der Waals surface area (Å²) in [6.45, 7) is 10.8. The molecule has 0 bridgehead atoms. The van der Waals surface area contributed by atoms with Crippen LogP contribution >= 0.6 is 24.2 Å². The molecule has 3 aliphatic rings. The van der Waals surface area contributed by atoms with Crippen molar-refractivity contribution >= 4 is 31.3 Å². The normalized spacial score (nSPS) is 34.2. The highest BCUT2D eigenvalue weighted by Gasteiger charge is 2.59. The molecule has 0 aromatic carbocycles. The first-order valence-corrected chi connectivity index (χ1v) is 8.66. The van der Waals surface area contributed by atoms with Crippen molar-refractivity contribution in [3.05, 3.63) is 0 Å². The Morgan fingerprint density at radius 2 is 1.60 bits per heavy atom. The summed E-state index contributed by atoms with van der Waals surface area (Å²) in [5.41, 5.74) is 0.00213. The highest BCUT2D eigenvalue weighted by Crippen LogP contribution is 2.52. The third-order valence-electron chi connectivity index (χ3n) is 5.72. The molecule has 3 rings (SSSR count). The van der Waals surface area contributed by atoms with Crippen LogP contribution in [-0.2, 0) is 9.31 Å². The van der Waals surface area contributed by atoms with Crippen molar-refractivity contribution in [3.8, 4) is 0 Å². The summed E-state index contributed by atoms with van der Waals surface area (Å²) >= 11 is 2.09. The van der Waals surface area contributed by atoms with Crippen LogP contribution in [0.25, 0.3) is 0 Å². The van der Waals surface area contributed by atoms with Crippen molar-refractivity contribution in [2.75, 3.05) is 24.6 Å². The van der Waals surface area contributed by atoms with E-state index >= 15 is 0 Å². The second-order valence-corrected chi connectivity index (χ2v) is 8.56. The Morgan fingerprint density at radius 3 is 2.15 bits per heavy atom. The standard InChI is InChI=1S/C14H26BNO2S.ClH/c1-12(2)13(3,4)18-15(17-12)11-9-16-10-14(11)5-7-19-8-6-14;/h11,16H,5-10H2,1-4H3;1H. The van der Waals surface area contributed by atoms with Crippen LogP contribution in [-0.4, -0.2) is 42.9 Å². The first-order valence-electron chi connectivity index (χ1n) is 7.51. The molecule has 0 radical (unpaired) electrons. The molecule has 0 saturated carbocycles. The summed E-state index contributed by atoms with van der Waals surface area (Å²) in [6, 6.07) is 0. The summed E-state index contributed by atoms with van der Waals surface area (Å²) in [5.74, 6) is 3.09. The molecule has 6 heteroatoms. The molecule has 1 unspecified atom stereocenters. The van der Waals surface area contributed by atoms with E-state index in [1.54, 1.807) is 0 Å². The van der Waals surface area contributed by atoms with E-state index in [0.717, 1.165) is 13.1 Å². The topological polar surface area (TPSA) is 30.5 Å². The molecule has 0 aliphatic carbocycles. The van der Waals surface area contributed by atoms with Crippen LogP contribution in [0.5, 0.6) is 0 Å². The maximum Gasteiger partial charge on any atom is 0.463 e. The highest BCUT2D eigenvalue weighted by atomic mass is 35.5. The van der Waals surface area contributed by atoms with Gasteiger partial charge in [-0.05, 0) is 64.0 Å². The maximum absolute atomic E-state index is 6.31. The highest BCUT2D eigenvalue weighted by molar-refractivity contribution is 7.99. The fraction of sp³-hybridized carbons (Fsp3) is 1.00. The molecule has 3 saturated heterocycles. The van der Waals surface area contributed by atoms with Gasteiger partial charge in [0.15, 0.2) is 0 Å². The van der Waals surface area contributed by atoms with E-state index in [-0.39, 0.29) is 30.7 Å². The van der Waals surface area contributed by atoms with Crippen molar-refractivity contribution in [1.82, 2.24) is 5.32 Å². The van der Waals surface area contributed by atoms with E-state index in [1.165, 1.54) is 24.3 Å². The van der Waals surface area contributed by atoms with Gasteiger partial charge in [-0.3, -0.25) is 0 Å². The second kappa shape index (κ2) is 5.66. The Morgan fingerprint density at radius 1 is 1.05 bits per heavy atom. The molecule has 3 fully saturated rings. The van der Waals surface area contributed by atoms with Crippen molar-refractivity contribution in [1.29, 1.82) is 0 Å². The number of rotatable bonds is 1. The third-order valence-corrected chi connectivity index (χ3v) is 6.70. The Kier molecular flexibility index (Phi) is 4.79. The van der Waals surface area contributed by atoms with Gasteiger partial charge in [0.1, 0.15) is 0 Å². The largest absolute Gasteiger partial charge is 0.463 e. The monoisotopic (exact) mass is 319 g/mol. The van der Waals surface area contributed by atoms with E-state index in [9.17, 15) is 0 Å². The zero-order chi connectivity index (χ0) is 13.7. The molecule has 3 aliphatic heterocycles. The van der Waals surface area contributed by atoms with E-state index in [1.807, 2.05) is 0 Å². The fourth-order valence-corrected chi connectivity index (χ4v) is 4.89. The summed E-state index contributed by atoms with van der Waals surface area (Å²) in [5, 5.41) is 3.60. The van der Waals surface area contributed by atoms with Crippen LogP contribution in [0.15, 0.2) is 0 Å². The quantitative estimate of drug-likeness (QED) is 0.753. The SMILES string of the molecule is CC1(C)OB(C2CNCC23CCSCC3)OC1(C)C.Cl. The van der Waals surface area contributed by atoms with Gasteiger partial charge in [0, 0.05) is 12.4 Å². The zero-order valence-corrected chi connectivity index (χ0v) is 14.7. The molecule has 3 nitrogen and oxygen atoms in total. The average Bonchev–Trinajstić information content (AvgIpc) is 2.80. The Hall–Kier alpha value is 0.585. The first-order chi connectivity index (χ1) is 8.86. The van der Waals surface area contributed by atoms with Crippen LogP contribution in [0.2, 0.25) is 5.82 Å². The number of hydrogen-bond acceptors (Lipinski definition) is 4. The number of halogens is 1. The van der Waals surface area contributed by atoms with Gasteiger partial charge >= 0.3 is 7.12 Å². The van der Waals surface area contributed by atoms with Crippen LogP contribution in [0.1, 0.15) is 40.5 Å². The zero-order valence-electron chi connectivity index (χ0n) is 13.0. The van der Waals surface area contributed by atoms with Gasteiger partial charge in [-0.25, -0.2) is 0 Å². The van der Waals surface area contributed by atoms with Crippen LogP contribution in [0, 0.1) is 5.41 Å². The van der Waals surface area contributed by atoms with Crippen LogP contribution in [0.4, 0.5) is 0 Å². The molecule has 1 N–H and O–H groups in total. The van der Waals surface area contributed by atoms with Gasteiger partial charge in [-0.15, -0.1) is 12.4 Å². The molecule has 0 aromatic rings. The smallest absolute Gasteiger partial charge is 0.403 e. The van der Waals surface area contributed by atoms with Gasteiger partial charge in [-0.2, -0.15) is 11.8 Å². The van der Waals surface area contributed by atoms with Crippen molar-refractivity contribution in [2.24, 2.45) is 5.41 Å². The van der Waals surface area contributed by atoms with E-state index < -0.39 is 0 Å². The number of nitrogens with one attached hydrogen (secondary N) is 1. The van der Waals surface area contributed by atoms with Gasteiger partial charge in [0.25, 0.3) is 0 Å². The Bertz CT molecular complexity index is 345. The van der Waals surface area contributed by atoms with Crippen molar-refractivity contribution in [3.63, 3.8) is 0 Å². The van der Waals surface area contributed by atoms with Crippen molar-refractivity contribution < 1.29 is 9.31 Å². The lowest BCUT2D eigenvalue weighted by Gasteiger charge is -2.38. The molecule has 0 amide bonds. The van der Waals surface area contributed by atoms with E-state index in [4.69, 9.17) is 9.31 Å². The summed E-state index contributed by atoms with van der Waals surface area (Å²) in [7, 11) is -0.0388. The Labute approximate surface area is 133 Å². The fourth-order valence-electron chi connectivity index (χ4n) is 3.59. The summed E-state index contributed by atoms with van der Waals surface area (Å²) in [6.07, 6.45) is 2.61. The lowest BCUT2D eigenvalue weighted by atomic mass is 9.56. The molecule has 0 aromatic heterocycles. The van der Waals surface area contributed by atoms with E-state index in [0.29, 0.717) is 11.2 Å². The number of hydrogen-bond donors (Lipinski definition) is 1. The predicted octanol–water partition coefficient (Wildman–Crippen LogP) is 2.99. The maximum atomic E-state index is 6.31. The average molecular weight is 320 g/mol. The van der Waals surface area contributed by atoms with Gasteiger partial charge in [0.2, 0.25) is 0 Å². The third kappa shape index (κ3) is 2.65. The summed E-state index contributed by atoms with van der Waals surface area (Å²) < 4.78 is 12.6.